The van der Waals surface area contributed by atoms with E-state index in [1.807, 2.05) is 0 Å². The van der Waals surface area contributed by atoms with E-state index < -0.39 is 0 Å². The maximum Gasteiger partial charge on any atom is 0.0871 e. The first-order chi connectivity index (χ1) is 7.33. The van der Waals surface area contributed by atoms with Gasteiger partial charge in [0, 0.05) is 14.1 Å². The topological polar surface area (TPSA) is 12.0 Å². The molecular formula is C9H16B5N. The van der Waals surface area contributed by atoms with Gasteiger partial charge in [0.25, 0.3) is 0 Å². The van der Waals surface area contributed by atoms with Crippen LogP contribution in [0.5, 0.6) is 0 Å². The van der Waals surface area contributed by atoms with Gasteiger partial charge in [0.1, 0.15) is 0 Å². The number of hydrogen-bond acceptors (Lipinski definition) is 1. The lowest BCUT2D eigenvalue weighted by Gasteiger charge is -2.30. The van der Waals surface area contributed by atoms with Crippen LogP contribution in [0.4, 0.5) is 0 Å². The van der Waals surface area contributed by atoms with Crippen LogP contribution in [0.25, 0.3) is 0 Å². The average Bonchev–Trinajstić information content (AvgIpc) is 2.28. The molecule has 15 heavy (non-hydrogen) atoms. The van der Waals surface area contributed by atoms with E-state index in [9.17, 15) is 0 Å². The molecule has 1 aromatic carbocycles. The molecule has 1 aliphatic rings. The fraction of sp³-hybridized carbons (Fsp3) is 0.333. The van der Waals surface area contributed by atoms with E-state index in [1.54, 1.807) is 5.56 Å². The third-order valence-corrected chi connectivity index (χ3v) is 3.46. The first-order valence-corrected chi connectivity index (χ1v) is 6.14. The molecule has 1 heterocycles. The Morgan fingerprint density at radius 3 is 3.00 bits per heavy atom. The normalized spacial score (nSPS) is 19.1. The summed E-state index contributed by atoms with van der Waals surface area (Å²) in [6.45, 7) is 1.88. The summed E-state index contributed by atoms with van der Waals surface area (Å²) in [7, 11) is 7.22. The lowest BCUT2D eigenvalue weighted by atomic mass is 8.96. The van der Waals surface area contributed by atoms with E-state index in [0.29, 0.717) is 5.94 Å². The molecule has 1 N–H and O–H groups in total. The van der Waals surface area contributed by atoms with Gasteiger partial charge in [-0.2, -0.15) is 0 Å². The highest BCUT2D eigenvalue weighted by molar-refractivity contribution is 7.55. The quantitative estimate of drug-likeness (QED) is 0.540. The van der Waals surface area contributed by atoms with Gasteiger partial charge < -0.3 is 5.32 Å². The van der Waals surface area contributed by atoms with Crippen molar-refractivity contribution >= 4 is 36.1 Å². The van der Waals surface area contributed by atoms with Crippen LogP contribution in [0.2, 0.25) is 0 Å². The van der Waals surface area contributed by atoms with E-state index in [-0.39, 0.29) is 0 Å². The molecule has 1 aromatic rings. The van der Waals surface area contributed by atoms with Gasteiger partial charge in [0.15, 0.2) is 0 Å². The Bertz CT molecular complexity index is 332. The third kappa shape index (κ3) is 2.36. The Hall–Kier alpha value is -0.495. The van der Waals surface area contributed by atoms with E-state index in [2.05, 4.69) is 45.1 Å². The molecule has 0 saturated heterocycles. The summed E-state index contributed by atoms with van der Waals surface area (Å²) in [5, 5.41) is 3.66. The molecule has 1 aliphatic heterocycles. The van der Waals surface area contributed by atoms with Crippen molar-refractivity contribution < 1.29 is 0 Å². The molecule has 0 amide bonds. The second-order valence-corrected chi connectivity index (χ2v) is 4.65. The lowest BCUT2D eigenvalue weighted by Crippen LogP contribution is -2.46. The molecule has 0 saturated carbocycles. The molecular weight excluding hydrogens is 176 g/mol. The minimum absolute atomic E-state index is 0.579. The Morgan fingerprint density at radius 2 is 2.20 bits per heavy atom. The molecule has 0 aliphatic carbocycles. The molecule has 0 spiro atoms. The summed E-state index contributed by atoms with van der Waals surface area (Å²) in [6, 6.07) is 8.89. The largest absolute Gasteiger partial charge is 0.318 e. The Labute approximate surface area is 96.1 Å². The van der Waals surface area contributed by atoms with Crippen molar-refractivity contribution in [2.45, 2.75) is 12.4 Å². The predicted octanol–water partition coefficient (Wildman–Crippen LogP) is -2.13. The Balaban J connectivity index is 2.21. The SMILES string of the molecule is BBBB(B)C1NCCc2ccccc21. The maximum absolute atomic E-state index is 3.66. The second-order valence-electron chi connectivity index (χ2n) is 4.65. The average molecular weight is 192 g/mol. The van der Waals surface area contributed by atoms with E-state index in [0.717, 1.165) is 13.0 Å². The van der Waals surface area contributed by atoms with Crippen molar-refractivity contribution in [2.75, 3.05) is 6.54 Å². The molecule has 6 heteroatoms. The number of fused-ring (bicyclic) bond motifs is 1. The van der Waals surface area contributed by atoms with Crippen molar-refractivity contribution in [3.8, 4) is 0 Å². The zero-order chi connectivity index (χ0) is 10.7. The molecule has 2 rings (SSSR count). The van der Waals surface area contributed by atoms with Gasteiger partial charge in [-0.15, -0.1) is 0 Å². The van der Waals surface area contributed by atoms with Gasteiger partial charge in [0.05, 0.1) is 22.0 Å². The number of benzene rings is 1. The van der Waals surface area contributed by atoms with Gasteiger partial charge in [-0.05, 0) is 30.0 Å². The van der Waals surface area contributed by atoms with Crippen molar-refractivity contribution in [1.29, 1.82) is 0 Å². The number of nitrogens with one attached hydrogen (secondary N) is 1. The first-order valence-electron chi connectivity index (χ1n) is 6.14. The highest BCUT2D eigenvalue weighted by atomic mass is 14.9. The summed E-state index contributed by atoms with van der Waals surface area (Å²) in [4.78, 5) is 0. The van der Waals surface area contributed by atoms with Gasteiger partial charge in [0.2, 0.25) is 0 Å². The Kier molecular flexibility index (Phi) is 3.68. The van der Waals surface area contributed by atoms with Crippen LogP contribution >= 0.6 is 0 Å². The van der Waals surface area contributed by atoms with Gasteiger partial charge in [-0.1, -0.05) is 24.3 Å². The van der Waals surface area contributed by atoms with Gasteiger partial charge in [-0.3, -0.25) is 0 Å². The van der Waals surface area contributed by atoms with Crippen molar-refractivity contribution in [2.24, 2.45) is 0 Å². The van der Waals surface area contributed by atoms with Crippen LogP contribution in [0.15, 0.2) is 24.3 Å². The summed E-state index contributed by atoms with van der Waals surface area (Å²) in [5.41, 5.74) is 3.08. The highest BCUT2D eigenvalue weighted by Gasteiger charge is 2.25. The van der Waals surface area contributed by atoms with Crippen LogP contribution in [0.1, 0.15) is 17.1 Å². The zero-order valence-electron chi connectivity index (χ0n) is 9.79. The molecule has 72 valence electrons. The molecule has 1 atom stereocenters. The minimum Gasteiger partial charge on any atom is -0.318 e. The summed E-state index contributed by atoms with van der Waals surface area (Å²) < 4.78 is 0. The summed E-state index contributed by atoms with van der Waals surface area (Å²) in [6.07, 6.45) is 1.19. The molecule has 0 aromatic heterocycles. The van der Waals surface area contributed by atoms with Crippen molar-refractivity contribution in [3.05, 3.63) is 35.4 Å². The summed E-state index contributed by atoms with van der Waals surface area (Å²) in [5.74, 6) is 0.579. The fourth-order valence-corrected chi connectivity index (χ4v) is 2.67. The van der Waals surface area contributed by atoms with Crippen LogP contribution < -0.4 is 5.32 Å². The smallest absolute Gasteiger partial charge is 0.0871 e. The highest BCUT2D eigenvalue weighted by Crippen LogP contribution is 2.23. The standard InChI is InChI=1S/C9H16B5N/c10-12-13-14(11)9-8-4-2-1-3-7(8)5-6-15-9/h1-4,9,12-13,15H,5-6,10-11H2. The van der Waals surface area contributed by atoms with Crippen LogP contribution in [0.3, 0.4) is 0 Å². The Morgan fingerprint density at radius 1 is 1.40 bits per heavy atom. The van der Waals surface area contributed by atoms with E-state index >= 15 is 0 Å². The van der Waals surface area contributed by atoms with Crippen molar-refractivity contribution in [1.82, 2.24) is 5.32 Å². The van der Waals surface area contributed by atoms with Crippen LogP contribution in [-0.2, 0) is 6.42 Å². The van der Waals surface area contributed by atoms with Crippen LogP contribution in [0, 0.1) is 0 Å². The zero-order valence-corrected chi connectivity index (χ0v) is 9.79. The number of rotatable bonds is 3. The minimum atomic E-state index is 0.579. The molecule has 0 bridgehead atoms. The van der Waals surface area contributed by atoms with Crippen molar-refractivity contribution in [3.63, 3.8) is 0 Å². The first kappa shape index (κ1) is 11.0. The van der Waals surface area contributed by atoms with Gasteiger partial charge in [-0.25, -0.2) is 0 Å². The van der Waals surface area contributed by atoms with Crippen LogP contribution in [-0.4, -0.2) is 42.6 Å². The third-order valence-electron chi connectivity index (χ3n) is 3.46. The monoisotopic (exact) mass is 193 g/mol. The summed E-state index contributed by atoms with van der Waals surface area (Å²) >= 11 is 0. The maximum atomic E-state index is 3.66. The molecule has 1 unspecified atom stereocenters. The second kappa shape index (κ2) is 5.02. The van der Waals surface area contributed by atoms with Gasteiger partial charge >= 0.3 is 0 Å². The lowest BCUT2D eigenvalue weighted by molar-refractivity contribution is 0.619. The predicted molar refractivity (Wildman–Crippen MR) is 78.0 cm³/mol. The fourth-order valence-electron chi connectivity index (χ4n) is 2.67. The molecule has 0 radical (unpaired) electrons. The number of hydrogen-bond donors (Lipinski definition) is 1. The van der Waals surface area contributed by atoms with E-state index in [1.165, 1.54) is 26.1 Å². The molecule has 0 fully saturated rings. The van der Waals surface area contributed by atoms with E-state index in [4.69, 9.17) is 0 Å². The molecule has 1 nitrogen and oxygen atoms in total.